The second-order valence-electron chi connectivity index (χ2n) is 15.3. The molecule has 0 aliphatic carbocycles. The van der Waals surface area contributed by atoms with Crippen LogP contribution < -0.4 is 4.90 Å². The number of para-hydroxylation sites is 3. The summed E-state index contributed by atoms with van der Waals surface area (Å²) >= 11 is 0. The molecule has 0 amide bonds. The summed E-state index contributed by atoms with van der Waals surface area (Å²) in [7, 11) is 0. The molecule has 0 unspecified atom stereocenters. The minimum atomic E-state index is 1.08. The van der Waals surface area contributed by atoms with Crippen molar-refractivity contribution in [2.75, 3.05) is 4.90 Å². The van der Waals surface area contributed by atoms with Crippen LogP contribution in [0.2, 0.25) is 0 Å². The van der Waals surface area contributed by atoms with E-state index in [2.05, 4.69) is 252 Å². The van der Waals surface area contributed by atoms with Crippen LogP contribution in [0.3, 0.4) is 0 Å². The average molecular weight is 765 g/mol. The van der Waals surface area contributed by atoms with E-state index < -0.39 is 0 Å². The third kappa shape index (κ3) is 6.32. The Bertz CT molecular complexity index is 3290. The number of hydrogen-bond donors (Lipinski definition) is 0. The van der Waals surface area contributed by atoms with Crippen molar-refractivity contribution in [3.63, 3.8) is 0 Å². The number of nitrogens with zero attached hydrogens (tertiary/aromatic N) is 2. The second-order valence-corrected chi connectivity index (χ2v) is 15.3. The molecule has 0 aliphatic rings. The van der Waals surface area contributed by atoms with Gasteiger partial charge in [0, 0.05) is 33.3 Å². The highest BCUT2D eigenvalue weighted by Crippen LogP contribution is 2.47. The fourth-order valence-corrected chi connectivity index (χ4v) is 8.88. The van der Waals surface area contributed by atoms with Crippen molar-refractivity contribution in [3.05, 3.63) is 243 Å². The van der Waals surface area contributed by atoms with Gasteiger partial charge in [-0.3, -0.25) is 0 Å². The van der Waals surface area contributed by atoms with Crippen LogP contribution in [0.15, 0.2) is 243 Å². The van der Waals surface area contributed by atoms with Crippen LogP contribution in [0.4, 0.5) is 17.1 Å². The summed E-state index contributed by atoms with van der Waals surface area (Å²) in [5, 5.41) is 4.93. The Morgan fingerprint density at radius 2 is 0.817 bits per heavy atom. The summed E-state index contributed by atoms with van der Waals surface area (Å²) in [5.74, 6) is 0. The van der Waals surface area contributed by atoms with Crippen molar-refractivity contribution < 1.29 is 0 Å². The predicted octanol–water partition coefficient (Wildman–Crippen LogP) is 16.1. The minimum absolute atomic E-state index is 1.08. The molecule has 0 radical (unpaired) electrons. The zero-order chi connectivity index (χ0) is 39.8. The predicted molar refractivity (Wildman–Crippen MR) is 255 cm³/mol. The van der Waals surface area contributed by atoms with E-state index in [4.69, 9.17) is 0 Å². The Hall–Kier alpha value is -7.94. The molecule has 282 valence electrons. The van der Waals surface area contributed by atoms with E-state index in [9.17, 15) is 0 Å². The third-order valence-corrected chi connectivity index (χ3v) is 11.8. The molecule has 10 aromatic carbocycles. The normalized spacial score (nSPS) is 11.3. The first-order chi connectivity index (χ1) is 29.8. The smallest absolute Gasteiger partial charge is 0.0561 e. The monoisotopic (exact) mass is 764 g/mol. The van der Waals surface area contributed by atoms with Gasteiger partial charge in [0.05, 0.1) is 22.4 Å². The lowest BCUT2D eigenvalue weighted by molar-refractivity contribution is 1.18. The number of hydrogen-bond acceptors (Lipinski definition) is 1. The molecule has 0 N–H and O–H groups in total. The van der Waals surface area contributed by atoms with Crippen molar-refractivity contribution in [3.8, 4) is 50.2 Å². The Morgan fingerprint density at radius 3 is 1.62 bits per heavy atom. The molecule has 1 aromatic heterocycles. The highest BCUT2D eigenvalue weighted by atomic mass is 15.1. The molecule has 0 spiro atoms. The van der Waals surface area contributed by atoms with Crippen LogP contribution in [0.5, 0.6) is 0 Å². The maximum atomic E-state index is 2.47. The molecular formula is C58H40N2. The quantitative estimate of drug-likeness (QED) is 0.150. The van der Waals surface area contributed by atoms with Crippen LogP contribution >= 0.6 is 0 Å². The molecule has 0 atom stereocenters. The average Bonchev–Trinajstić information content (AvgIpc) is 3.66. The Balaban J connectivity index is 1.16. The molecule has 0 aliphatic heterocycles. The van der Waals surface area contributed by atoms with Gasteiger partial charge in [0.2, 0.25) is 0 Å². The molecule has 2 heteroatoms. The summed E-state index contributed by atoms with van der Waals surface area (Å²) in [6, 6.07) is 88.1. The maximum absolute atomic E-state index is 2.47. The Labute approximate surface area is 350 Å². The molecule has 1 heterocycles. The van der Waals surface area contributed by atoms with E-state index >= 15 is 0 Å². The molecule has 11 rings (SSSR count). The lowest BCUT2D eigenvalue weighted by Gasteiger charge is -2.30. The van der Waals surface area contributed by atoms with E-state index in [0.717, 1.165) is 50.5 Å². The number of fused-ring (bicyclic) bond motifs is 4. The zero-order valence-corrected chi connectivity index (χ0v) is 33.0. The van der Waals surface area contributed by atoms with E-state index in [1.54, 1.807) is 0 Å². The summed E-state index contributed by atoms with van der Waals surface area (Å²) in [6.07, 6.45) is 0. The van der Waals surface area contributed by atoms with Gasteiger partial charge in [-0.15, -0.1) is 0 Å². The number of anilines is 3. The molecule has 0 fully saturated rings. The van der Waals surface area contributed by atoms with Gasteiger partial charge in [0.15, 0.2) is 0 Å². The molecule has 0 bridgehead atoms. The minimum Gasteiger partial charge on any atom is -0.309 e. The van der Waals surface area contributed by atoms with Crippen LogP contribution in [-0.4, -0.2) is 4.57 Å². The van der Waals surface area contributed by atoms with E-state index in [1.807, 2.05) is 0 Å². The standard InChI is InChI=1S/C58H40N2/c1-4-16-41(17-5-1)43-28-31-45(32-29-43)51-24-12-14-26-55(51)60(50-35-36-53-52-25-13-15-27-56(52)59(58(53)40-50)49-22-8-3-9-23-49)57-37-34-48(39-54(57)44-19-6-2-7-20-44)47-33-30-42-18-10-11-21-46(42)38-47/h1-40H. The van der Waals surface area contributed by atoms with Gasteiger partial charge in [-0.2, -0.15) is 0 Å². The summed E-state index contributed by atoms with van der Waals surface area (Å²) in [4.78, 5) is 2.47. The van der Waals surface area contributed by atoms with E-state index in [1.165, 1.54) is 49.3 Å². The van der Waals surface area contributed by atoms with Crippen LogP contribution in [0.1, 0.15) is 0 Å². The summed E-state index contributed by atoms with van der Waals surface area (Å²) in [6.45, 7) is 0. The van der Waals surface area contributed by atoms with Gasteiger partial charge in [0.1, 0.15) is 0 Å². The zero-order valence-electron chi connectivity index (χ0n) is 33.0. The van der Waals surface area contributed by atoms with Crippen LogP contribution in [0.25, 0.3) is 82.8 Å². The number of aromatic nitrogens is 1. The van der Waals surface area contributed by atoms with Gasteiger partial charge in [0.25, 0.3) is 0 Å². The van der Waals surface area contributed by atoms with Crippen molar-refractivity contribution in [2.45, 2.75) is 0 Å². The molecular weight excluding hydrogens is 725 g/mol. The van der Waals surface area contributed by atoms with Crippen LogP contribution in [-0.2, 0) is 0 Å². The van der Waals surface area contributed by atoms with Crippen molar-refractivity contribution >= 4 is 49.6 Å². The topological polar surface area (TPSA) is 8.17 Å². The first-order valence-corrected chi connectivity index (χ1v) is 20.6. The Kier molecular flexibility index (Phi) is 8.87. The highest BCUT2D eigenvalue weighted by molar-refractivity contribution is 6.11. The molecule has 0 saturated carbocycles. The second kappa shape index (κ2) is 15.1. The SMILES string of the molecule is c1ccc(-c2ccc(-c3ccccc3N(c3ccc4c5ccccc5n(-c5ccccc5)c4c3)c3ccc(-c4ccc5ccccc5c4)cc3-c3ccccc3)cc2)cc1. The van der Waals surface area contributed by atoms with Crippen molar-refractivity contribution in [2.24, 2.45) is 0 Å². The number of rotatable bonds is 8. The largest absolute Gasteiger partial charge is 0.309 e. The van der Waals surface area contributed by atoms with Crippen molar-refractivity contribution in [1.82, 2.24) is 4.57 Å². The molecule has 0 saturated heterocycles. The van der Waals surface area contributed by atoms with Gasteiger partial charge >= 0.3 is 0 Å². The van der Waals surface area contributed by atoms with E-state index in [-0.39, 0.29) is 0 Å². The Morgan fingerprint density at radius 1 is 0.283 bits per heavy atom. The maximum Gasteiger partial charge on any atom is 0.0561 e. The lowest BCUT2D eigenvalue weighted by Crippen LogP contribution is -2.13. The number of benzene rings is 10. The third-order valence-electron chi connectivity index (χ3n) is 11.8. The van der Waals surface area contributed by atoms with E-state index in [0.29, 0.717) is 0 Å². The summed E-state index contributed by atoms with van der Waals surface area (Å²) in [5.41, 5.74) is 16.1. The molecule has 60 heavy (non-hydrogen) atoms. The van der Waals surface area contributed by atoms with Gasteiger partial charge in [-0.25, -0.2) is 0 Å². The molecule has 2 nitrogen and oxygen atoms in total. The highest BCUT2D eigenvalue weighted by Gasteiger charge is 2.23. The first kappa shape index (κ1) is 35.2. The van der Waals surface area contributed by atoms with Gasteiger partial charge in [-0.1, -0.05) is 188 Å². The van der Waals surface area contributed by atoms with Crippen LogP contribution in [0, 0.1) is 0 Å². The fraction of sp³-hybridized carbons (Fsp3) is 0. The first-order valence-electron chi connectivity index (χ1n) is 20.6. The summed E-state index contributed by atoms with van der Waals surface area (Å²) < 4.78 is 2.40. The lowest BCUT2D eigenvalue weighted by atomic mass is 9.94. The van der Waals surface area contributed by atoms with Gasteiger partial charge in [-0.05, 0) is 98.8 Å². The van der Waals surface area contributed by atoms with Gasteiger partial charge < -0.3 is 9.47 Å². The fourth-order valence-electron chi connectivity index (χ4n) is 8.88. The molecule has 11 aromatic rings. The van der Waals surface area contributed by atoms with Crippen molar-refractivity contribution in [1.29, 1.82) is 0 Å².